The maximum absolute atomic E-state index is 12.6. The molecule has 0 aromatic heterocycles. The molecule has 1 unspecified atom stereocenters. The number of esters is 2. The maximum Gasteiger partial charge on any atom is 0.472 e. The largest absolute Gasteiger partial charge is 0.472 e. The van der Waals surface area contributed by atoms with E-state index in [1.54, 1.807) is 0 Å². The minimum atomic E-state index is -4.37. The molecule has 0 heterocycles. The van der Waals surface area contributed by atoms with Gasteiger partial charge in [-0.05, 0) is 38.5 Å². The third kappa shape index (κ3) is 42.4. The normalized spacial score (nSPS) is 13.3. The van der Waals surface area contributed by atoms with Crippen molar-refractivity contribution < 1.29 is 37.6 Å². The van der Waals surface area contributed by atoms with Gasteiger partial charge >= 0.3 is 19.8 Å². The van der Waals surface area contributed by atoms with Gasteiger partial charge in [0.05, 0.1) is 13.2 Å². The third-order valence-corrected chi connectivity index (χ3v) is 11.4. The number of phosphoric acid groups is 1. The molecular formula is C46H90NO8P. The van der Waals surface area contributed by atoms with Gasteiger partial charge in [-0.2, -0.15) is 0 Å². The average Bonchev–Trinajstić information content (AvgIpc) is 3.18. The Morgan fingerprint density at radius 1 is 0.518 bits per heavy atom. The van der Waals surface area contributed by atoms with Gasteiger partial charge in [0.2, 0.25) is 0 Å². The van der Waals surface area contributed by atoms with Crippen molar-refractivity contribution in [1.82, 2.24) is 0 Å². The van der Waals surface area contributed by atoms with Crippen LogP contribution in [-0.4, -0.2) is 49.3 Å². The first-order valence-corrected chi connectivity index (χ1v) is 25.2. The van der Waals surface area contributed by atoms with E-state index in [4.69, 9.17) is 24.3 Å². The van der Waals surface area contributed by atoms with E-state index in [1.165, 1.54) is 154 Å². The van der Waals surface area contributed by atoms with Gasteiger partial charge in [-0.1, -0.05) is 199 Å². The summed E-state index contributed by atoms with van der Waals surface area (Å²) >= 11 is 0. The second-order valence-electron chi connectivity index (χ2n) is 16.0. The fraction of sp³-hybridized carbons (Fsp3) is 0.913. The Kier molecular flexibility index (Phi) is 42.4. The second kappa shape index (κ2) is 43.3. The van der Waals surface area contributed by atoms with Crippen molar-refractivity contribution in [3.8, 4) is 0 Å². The van der Waals surface area contributed by atoms with E-state index < -0.39 is 26.5 Å². The van der Waals surface area contributed by atoms with Gasteiger partial charge in [-0.3, -0.25) is 18.6 Å². The molecule has 0 radical (unpaired) electrons. The summed E-state index contributed by atoms with van der Waals surface area (Å²) in [6, 6.07) is 0. The second-order valence-corrected chi connectivity index (χ2v) is 17.4. The molecule has 332 valence electrons. The number of allylic oxidation sites excluding steroid dienone is 2. The molecule has 0 aromatic carbocycles. The zero-order chi connectivity index (χ0) is 41.1. The summed E-state index contributed by atoms with van der Waals surface area (Å²) in [7, 11) is -4.37. The minimum Gasteiger partial charge on any atom is -0.462 e. The summed E-state index contributed by atoms with van der Waals surface area (Å²) in [6.45, 7) is 3.76. The van der Waals surface area contributed by atoms with Crippen LogP contribution in [0.3, 0.4) is 0 Å². The van der Waals surface area contributed by atoms with Crippen molar-refractivity contribution in [2.75, 3.05) is 26.4 Å². The van der Waals surface area contributed by atoms with Gasteiger partial charge in [0.1, 0.15) is 6.61 Å². The van der Waals surface area contributed by atoms with Gasteiger partial charge in [0, 0.05) is 19.4 Å². The highest BCUT2D eigenvalue weighted by molar-refractivity contribution is 7.47. The van der Waals surface area contributed by atoms with Gasteiger partial charge in [0.15, 0.2) is 6.10 Å². The molecule has 0 saturated heterocycles. The van der Waals surface area contributed by atoms with Crippen LogP contribution < -0.4 is 5.73 Å². The molecule has 10 heteroatoms. The Hall–Kier alpha value is -1.25. The fourth-order valence-electron chi connectivity index (χ4n) is 6.87. The van der Waals surface area contributed by atoms with E-state index in [2.05, 4.69) is 26.0 Å². The van der Waals surface area contributed by atoms with E-state index in [1.807, 2.05) is 0 Å². The molecule has 0 aliphatic heterocycles. The highest BCUT2D eigenvalue weighted by atomic mass is 31.2. The first-order valence-electron chi connectivity index (χ1n) is 23.7. The number of unbranched alkanes of at least 4 members (excludes halogenated alkanes) is 30. The Bertz CT molecular complexity index is 933. The van der Waals surface area contributed by atoms with E-state index in [-0.39, 0.29) is 38.6 Å². The molecule has 56 heavy (non-hydrogen) atoms. The van der Waals surface area contributed by atoms with Gasteiger partial charge in [-0.25, -0.2) is 4.57 Å². The van der Waals surface area contributed by atoms with Crippen molar-refractivity contribution in [1.29, 1.82) is 0 Å². The summed E-state index contributed by atoms with van der Waals surface area (Å²) in [5, 5.41) is 0. The first kappa shape index (κ1) is 54.8. The maximum atomic E-state index is 12.6. The lowest BCUT2D eigenvalue weighted by molar-refractivity contribution is -0.161. The Morgan fingerprint density at radius 2 is 0.875 bits per heavy atom. The quantitative estimate of drug-likeness (QED) is 0.0266. The Labute approximate surface area is 345 Å². The van der Waals surface area contributed by atoms with Crippen molar-refractivity contribution in [3.05, 3.63) is 12.2 Å². The summed E-state index contributed by atoms with van der Waals surface area (Å²) < 4.78 is 32.8. The summed E-state index contributed by atoms with van der Waals surface area (Å²) in [6.07, 6.45) is 45.3. The molecular weight excluding hydrogens is 725 g/mol. The van der Waals surface area contributed by atoms with Crippen molar-refractivity contribution in [2.45, 2.75) is 245 Å². The molecule has 0 fully saturated rings. The monoisotopic (exact) mass is 816 g/mol. The molecule has 0 spiro atoms. The predicted molar refractivity (Wildman–Crippen MR) is 234 cm³/mol. The van der Waals surface area contributed by atoms with E-state index in [0.29, 0.717) is 6.42 Å². The van der Waals surface area contributed by atoms with Gasteiger partial charge in [0.25, 0.3) is 0 Å². The van der Waals surface area contributed by atoms with Crippen LogP contribution in [0.15, 0.2) is 12.2 Å². The number of carbonyl (C=O) groups excluding carboxylic acids is 2. The summed E-state index contributed by atoms with van der Waals surface area (Å²) in [5.41, 5.74) is 5.36. The SMILES string of the molecule is CCCCCCCC/C=C/CCCCCCCC(=O)OC[C@H](COP(=O)(O)OCCN)OC(=O)CCCCCCCCCCCCCCCCCCCCCC. The predicted octanol–water partition coefficient (Wildman–Crippen LogP) is 13.8. The first-order chi connectivity index (χ1) is 27.3. The molecule has 0 aliphatic rings. The van der Waals surface area contributed by atoms with Gasteiger partial charge in [-0.15, -0.1) is 0 Å². The zero-order valence-electron chi connectivity index (χ0n) is 36.6. The standard InChI is InChI=1S/C46H90NO8P/c1-3-5-7-9-11-13-15-17-19-20-21-22-23-25-27-29-31-33-35-37-39-46(49)55-44(43-54-56(50,51)53-41-40-47)42-52-45(48)38-36-34-32-30-28-26-24-18-16-14-12-10-8-6-4-2/h18,24,44H,3-17,19-23,25-43,47H2,1-2H3,(H,50,51)/b24-18+/t44-/m1/s1. The Balaban J connectivity index is 4.06. The average molecular weight is 816 g/mol. The van der Waals surface area contributed by atoms with E-state index in [0.717, 1.165) is 51.4 Å². The number of rotatable bonds is 45. The number of nitrogens with two attached hydrogens (primary N) is 1. The molecule has 0 rings (SSSR count). The number of carbonyl (C=O) groups is 2. The van der Waals surface area contributed by atoms with Crippen molar-refractivity contribution in [2.24, 2.45) is 5.73 Å². The van der Waals surface area contributed by atoms with Crippen LogP contribution in [-0.2, 0) is 32.7 Å². The summed E-state index contributed by atoms with van der Waals surface area (Å²) in [4.78, 5) is 34.9. The molecule has 2 atom stereocenters. The zero-order valence-corrected chi connectivity index (χ0v) is 37.5. The lowest BCUT2D eigenvalue weighted by Gasteiger charge is -2.19. The molecule has 0 amide bonds. The molecule has 0 bridgehead atoms. The molecule has 3 N–H and O–H groups in total. The third-order valence-electron chi connectivity index (χ3n) is 10.4. The molecule has 0 aromatic rings. The van der Waals surface area contributed by atoms with Gasteiger partial charge < -0.3 is 20.1 Å². The molecule has 9 nitrogen and oxygen atoms in total. The van der Waals surface area contributed by atoms with Crippen LogP contribution in [0, 0.1) is 0 Å². The molecule has 0 saturated carbocycles. The van der Waals surface area contributed by atoms with Crippen LogP contribution in [0.1, 0.15) is 239 Å². The Morgan fingerprint density at radius 3 is 1.27 bits per heavy atom. The number of ether oxygens (including phenoxy) is 2. The van der Waals surface area contributed by atoms with E-state index >= 15 is 0 Å². The van der Waals surface area contributed by atoms with Crippen molar-refractivity contribution >= 4 is 19.8 Å². The lowest BCUT2D eigenvalue weighted by Crippen LogP contribution is -2.29. The van der Waals surface area contributed by atoms with Crippen LogP contribution in [0.2, 0.25) is 0 Å². The highest BCUT2D eigenvalue weighted by Gasteiger charge is 2.26. The van der Waals surface area contributed by atoms with Crippen LogP contribution >= 0.6 is 7.82 Å². The number of phosphoric ester groups is 1. The lowest BCUT2D eigenvalue weighted by atomic mass is 10.0. The number of hydrogen-bond donors (Lipinski definition) is 2. The molecule has 0 aliphatic carbocycles. The summed E-state index contributed by atoms with van der Waals surface area (Å²) in [5.74, 6) is -0.825. The van der Waals surface area contributed by atoms with Crippen LogP contribution in [0.25, 0.3) is 0 Å². The van der Waals surface area contributed by atoms with Crippen LogP contribution in [0.4, 0.5) is 0 Å². The van der Waals surface area contributed by atoms with E-state index in [9.17, 15) is 19.0 Å². The minimum absolute atomic E-state index is 0.0553. The van der Waals surface area contributed by atoms with Crippen molar-refractivity contribution in [3.63, 3.8) is 0 Å². The fourth-order valence-corrected chi connectivity index (χ4v) is 7.63. The van der Waals surface area contributed by atoms with Crippen LogP contribution in [0.5, 0.6) is 0 Å². The highest BCUT2D eigenvalue weighted by Crippen LogP contribution is 2.43. The smallest absolute Gasteiger partial charge is 0.462 e. The number of hydrogen-bond acceptors (Lipinski definition) is 8. The topological polar surface area (TPSA) is 134 Å².